The minimum atomic E-state index is -0.744. The molecule has 104 valence electrons. The standard InChI is InChI=1S/C12H16N2O4S/c1-2-3-7-5-14(12(19)13-11(7)17)10-4-8(16)9(6-15)18-10/h2,5,8-10,15-16H,1,3-4,6H2,(H,13,17,19)/t8?,9-,10-/m0/s1. The van der Waals surface area contributed by atoms with Gasteiger partial charge < -0.3 is 14.9 Å². The monoisotopic (exact) mass is 284 g/mol. The van der Waals surface area contributed by atoms with Crippen LogP contribution in [0.15, 0.2) is 23.6 Å². The lowest BCUT2D eigenvalue weighted by Gasteiger charge is -2.16. The molecule has 7 heteroatoms. The number of rotatable bonds is 4. The van der Waals surface area contributed by atoms with Crippen LogP contribution in [0.4, 0.5) is 0 Å². The molecule has 0 radical (unpaired) electrons. The van der Waals surface area contributed by atoms with E-state index < -0.39 is 18.4 Å². The first-order valence-corrected chi connectivity index (χ1v) is 6.37. The Balaban J connectivity index is 2.35. The molecule has 1 aliphatic heterocycles. The second-order valence-electron chi connectivity index (χ2n) is 4.43. The fraction of sp³-hybridized carbons (Fsp3) is 0.500. The van der Waals surface area contributed by atoms with Crippen LogP contribution in [0.2, 0.25) is 0 Å². The Kier molecular flexibility index (Phi) is 4.31. The number of hydrogen-bond donors (Lipinski definition) is 3. The summed E-state index contributed by atoms with van der Waals surface area (Å²) in [6, 6.07) is 0. The molecule has 0 saturated carbocycles. The van der Waals surface area contributed by atoms with E-state index in [0.717, 1.165) is 0 Å². The van der Waals surface area contributed by atoms with Crippen molar-refractivity contribution in [3.05, 3.63) is 39.5 Å². The molecule has 0 spiro atoms. The molecule has 1 unspecified atom stereocenters. The zero-order valence-corrected chi connectivity index (χ0v) is 11.1. The van der Waals surface area contributed by atoms with Gasteiger partial charge in [-0.05, 0) is 18.6 Å². The molecule has 2 heterocycles. The van der Waals surface area contributed by atoms with Crippen molar-refractivity contribution in [2.24, 2.45) is 0 Å². The highest BCUT2D eigenvalue weighted by atomic mass is 32.1. The van der Waals surface area contributed by atoms with Gasteiger partial charge in [0, 0.05) is 18.2 Å². The lowest BCUT2D eigenvalue weighted by molar-refractivity contribution is -0.0453. The second-order valence-corrected chi connectivity index (χ2v) is 4.82. The van der Waals surface area contributed by atoms with Crippen LogP contribution in [0.1, 0.15) is 18.2 Å². The number of H-pyrrole nitrogens is 1. The predicted molar refractivity (Wildman–Crippen MR) is 71.4 cm³/mol. The topological polar surface area (TPSA) is 87.5 Å². The van der Waals surface area contributed by atoms with E-state index in [4.69, 9.17) is 22.1 Å². The van der Waals surface area contributed by atoms with Gasteiger partial charge in [-0.15, -0.1) is 6.58 Å². The predicted octanol–water partition coefficient (Wildman–Crippen LogP) is 0.275. The van der Waals surface area contributed by atoms with E-state index in [-0.39, 0.29) is 16.9 Å². The quantitative estimate of drug-likeness (QED) is 0.546. The normalized spacial score (nSPS) is 26.5. The Morgan fingerprint density at radius 1 is 1.68 bits per heavy atom. The molecule has 6 nitrogen and oxygen atoms in total. The summed E-state index contributed by atoms with van der Waals surface area (Å²) in [6.45, 7) is 3.34. The summed E-state index contributed by atoms with van der Waals surface area (Å²) in [7, 11) is 0. The van der Waals surface area contributed by atoms with Gasteiger partial charge in [-0.1, -0.05) is 6.08 Å². The molecular formula is C12H16N2O4S. The third-order valence-electron chi connectivity index (χ3n) is 3.10. The third-order valence-corrected chi connectivity index (χ3v) is 3.41. The van der Waals surface area contributed by atoms with E-state index in [0.29, 0.717) is 18.4 Å². The Bertz CT molecular complexity index is 580. The highest BCUT2D eigenvalue weighted by Crippen LogP contribution is 2.28. The van der Waals surface area contributed by atoms with Gasteiger partial charge in [0.25, 0.3) is 5.56 Å². The summed E-state index contributed by atoms with van der Waals surface area (Å²) < 4.78 is 7.33. The average Bonchev–Trinajstić information content (AvgIpc) is 2.74. The van der Waals surface area contributed by atoms with Crippen LogP contribution in [0, 0.1) is 4.77 Å². The van der Waals surface area contributed by atoms with Gasteiger partial charge >= 0.3 is 0 Å². The lowest BCUT2D eigenvalue weighted by atomic mass is 10.2. The van der Waals surface area contributed by atoms with Crippen molar-refractivity contribution in [1.82, 2.24) is 9.55 Å². The molecule has 19 heavy (non-hydrogen) atoms. The molecule has 1 aromatic heterocycles. The number of hydrogen-bond acceptors (Lipinski definition) is 5. The molecule has 2 rings (SSSR count). The van der Waals surface area contributed by atoms with Crippen LogP contribution in [0.3, 0.4) is 0 Å². The Labute approximate surface area is 115 Å². The van der Waals surface area contributed by atoms with E-state index in [2.05, 4.69) is 11.6 Å². The smallest absolute Gasteiger partial charge is 0.255 e. The van der Waals surface area contributed by atoms with Gasteiger partial charge in [-0.25, -0.2) is 0 Å². The van der Waals surface area contributed by atoms with Crippen molar-refractivity contribution < 1.29 is 14.9 Å². The number of ether oxygens (including phenoxy) is 1. The van der Waals surface area contributed by atoms with E-state index in [1.54, 1.807) is 16.8 Å². The van der Waals surface area contributed by atoms with Gasteiger partial charge in [0.05, 0.1) is 12.7 Å². The number of nitrogens with zero attached hydrogens (tertiary/aromatic N) is 1. The maximum Gasteiger partial charge on any atom is 0.255 e. The minimum absolute atomic E-state index is 0.230. The Hall–Kier alpha value is -1.28. The highest BCUT2D eigenvalue weighted by molar-refractivity contribution is 7.71. The zero-order valence-electron chi connectivity index (χ0n) is 10.3. The molecule has 0 bridgehead atoms. The van der Waals surface area contributed by atoms with Gasteiger partial charge in [0.1, 0.15) is 12.3 Å². The van der Waals surface area contributed by atoms with E-state index in [1.165, 1.54) is 0 Å². The second kappa shape index (κ2) is 5.79. The first-order chi connectivity index (χ1) is 9.06. The van der Waals surface area contributed by atoms with Gasteiger partial charge in [0.15, 0.2) is 4.77 Å². The largest absolute Gasteiger partial charge is 0.394 e. The number of aromatic nitrogens is 2. The summed E-state index contributed by atoms with van der Waals surface area (Å²) >= 11 is 5.09. The molecule has 3 N–H and O–H groups in total. The van der Waals surface area contributed by atoms with E-state index in [9.17, 15) is 9.90 Å². The van der Waals surface area contributed by atoms with Crippen LogP contribution in [0.25, 0.3) is 0 Å². The van der Waals surface area contributed by atoms with E-state index >= 15 is 0 Å². The van der Waals surface area contributed by atoms with Gasteiger partial charge in [0.2, 0.25) is 0 Å². The van der Waals surface area contributed by atoms with Crippen LogP contribution >= 0.6 is 12.2 Å². The summed E-state index contributed by atoms with van der Waals surface area (Å²) in [5, 5.41) is 18.8. The SMILES string of the molecule is C=CCc1cn([C@@H]2CC(O)[C@H](CO)O2)c(=S)[nH]c1=O. The number of aliphatic hydroxyl groups is 2. The average molecular weight is 284 g/mol. The van der Waals surface area contributed by atoms with Crippen molar-refractivity contribution in [3.8, 4) is 0 Å². The van der Waals surface area contributed by atoms with Gasteiger partial charge in [-0.2, -0.15) is 0 Å². The van der Waals surface area contributed by atoms with Crippen LogP contribution in [-0.2, 0) is 11.2 Å². The molecule has 1 fully saturated rings. The molecule has 0 aromatic carbocycles. The van der Waals surface area contributed by atoms with Crippen molar-refractivity contribution in [1.29, 1.82) is 0 Å². The molecule has 3 atom stereocenters. The molecule has 1 saturated heterocycles. The first kappa shape index (κ1) is 14.1. The summed E-state index contributed by atoms with van der Waals surface area (Å²) in [5.41, 5.74) is 0.271. The molecule has 1 aromatic rings. The summed E-state index contributed by atoms with van der Waals surface area (Å²) in [4.78, 5) is 14.2. The lowest BCUT2D eigenvalue weighted by Crippen LogP contribution is -2.24. The van der Waals surface area contributed by atoms with Crippen molar-refractivity contribution in [2.75, 3.05) is 6.61 Å². The van der Waals surface area contributed by atoms with Crippen LogP contribution in [0.5, 0.6) is 0 Å². The summed E-state index contributed by atoms with van der Waals surface area (Å²) in [5.74, 6) is 0. The fourth-order valence-electron chi connectivity index (χ4n) is 2.09. The number of nitrogens with one attached hydrogen (secondary N) is 1. The number of aromatic amines is 1. The molecule has 0 amide bonds. The molecule has 0 aliphatic carbocycles. The van der Waals surface area contributed by atoms with Crippen molar-refractivity contribution in [2.45, 2.75) is 31.3 Å². The molecule has 1 aliphatic rings. The van der Waals surface area contributed by atoms with Gasteiger partial charge in [-0.3, -0.25) is 14.3 Å². The highest BCUT2D eigenvalue weighted by Gasteiger charge is 2.34. The Morgan fingerprint density at radius 3 is 3.00 bits per heavy atom. The maximum atomic E-state index is 11.7. The van der Waals surface area contributed by atoms with Crippen molar-refractivity contribution >= 4 is 12.2 Å². The number of allylic oxidation sites excluding steroid dienone is 1. The first-order valence-electron chi connectivity index (χ1n) is 5.96. The maximum absolute atomic E-state index is 11.7. The summed E-state index contributed by atoms with van der Waals surface area (Å²) in [6.07, 6.45) is 2.12. The Morgan fingerprint density at radius 2 is 2.42 bits per heavy atom. The van der Waals surface area contributed by atoms with Crippen molar-refractivity contribution in [3.63, 3.8) is 0 Å². The van der Waals surface area contributed by atoms with E-state index in [1.807, 2.05) is 0 Å². The van der Waals surface area contributed by atoms with Crippen LogP contribution in [-0.4, -0.2) is 38.6 Å². The zero-order chi connectivity index (χ0) is 14.0. The fourth-order valence-corrected chi connectivity index (χ4v) is 2.36. The number of aliphatic hydroxyl groups excluding tert-OH is 2. The van der Waals surface area contributed by atoms with Crippen LogP contribution < -0.4 is 5.56 Å². The third kappa shape index (κ3) is 2.84. The molecular weight excluding hydrogens is 268 g/mol. The minimum Gasteiger partial charge on any atom is -0.394 e.